The van der Waals surface area contributed by atoms with Crippen LogP contribution in [0.15, 0.2) is 34.6 Å². The van der Waals surface area contributed by atoms with Crippen LogP contribution in [-0.2, 0) is 9.84 Å². The molecule has 0 atom stereocenters. The average molecular weight is 243 g/mol. The Balaban J connectivity index is 3.22. The van der Waals surface area contributed by atoms with Crippen LogP contribution in [0.25, 0.3) is 5.76 Å². The van der Waals surface area contributed by atoms with Gasteiger partial charge in [0.15, 0.2) is 9.84 Å². The highest BCUT2D eigenvalue weighted by Gasteiger charge is 2.01. The molecule has 82 valence electrons. The zero-order valence-corrected chi connectivity index (χ0v) is 10.1. The Morgan fingerprint density at radius 1 is 1.40 bits per heavy atom. The molecule has 0 bridgehead atoms. The second-order valence-electron chi connectivity index (χ2n) is 3.01. The standard InChI is InChI=1S/C10H12O3S2/c1-14-10-6-4-3-5-8(10)9(11)7-15(2,12)13/h3-7,11H,1-2H3/p-1/b9-7-. The quantitative estimate of drug-likeness (QED) is 0.589. The minimum absolute atomic E-state index is 0.426. The van der Waals surface area contributed by atoms with Crippen LogP contribution in [0.3, 0.4) is 0 Å². The van der Waals surface area contributed by atoms with Gasteiger partial charge >= 0.3 is 0 Å². The van der Waals surface area contributed by atoms with Gasteiger partial charge in [0.1, 0.15) is 0 Å². The molecule has 15 heavy (non-hydrogen) atoms. The average Bonchev–Trinajstić information content (AvgIpc) is 2.15. The second kappa shape index (κ2) is 4.72. The van der Waals surface area contributed by atoms with Gasteiger partial charge in [-0.3, -0.25) is 0 Å². The Hall–Kier alpha value is -0.940. The summed E-state index contributed by atoms with van der Waals surface area (Å²) in [6, 6.07) is 6.93. The fourth-order valence-electron chi connectivity index (χ4n) is 1.11. The van der Waals surface area contributed by atoms with Gasteiger partial charge in [0.25, 0.3) is 0 Å². The van der Waals surface area contributed by atoms with E-state index in [1.165, 1.54) is 11.8 Å². The zero-order valence-electron chi connectivity index (χ0n) is 8.43. The third kappa shape index (κ3) is 3.60. The van der Waals surface area contributed by atoms with E-state index < -0.39 is 15.6 Å². The number of rotatable bonds is 3. The summed E-state index contributed by atoms with van der Waals surface area (Å²) in [6.45, 7) is 0. The molecule has 0 radical (unpaired) electrons. The molecule has 0 saturated heterocycles. The highest BCUT2D eigenvalue weighted by atomic mass is 32.2. The first-order valence-corrected chi connectivity index (χ1v) is 7.34. The fourth-order valence-corrected chi connectivity index (χ4v) is 2.23. The van der Waals surface area contributed by atoms with E-state index in [0.717, 1.165) is 16.6 Å². The lowest BCUT2D eigenvalue weighted by Crippen LogP contribution is -2.06. The lowest BCUT2D eigenvalue weighted by atomic mass is 10.2. The number of benzene rings is 1. The van der Waals surface area contributed by atoms with Crippen molar-refractivity contribution in [1.29, 1.82) is 0 Å². The van der Waals surface area contributed by atoms with Crippen molar-refractivity contribution >= 4 is 27.4 Å². The molecule has 0 aliphatic carbocycles. The van der Waals surface area contributed by atoms with Crippen molar-refractivity contribution in [3.05, 3.63) is 35.2 Å². The number of hydrogen-bond donors (Lipinski definition) is 0. The Kier molecular flexibility index (Phi) is 3.82. The molecule has 0 aliphatic heterocycles. The topological polar surface area (TPSA) is 57.2 Å². The van der Waals surface area contributed by atoms with Crippen LogP contribution in [0.2, 0.25) is 0 Å². The van der Waals surface area contributed by atoms with Gasteiger partial charge in [0, 0.05) is 16.6 Å². The molecule has 0 aliphatic rings. The van der Waals surface area contributed by atoms with Gasteiger partial charge in [-0.25, -0.2) is 8.42 Å². The molecular weight excluding hydrogens is 232 g/mol. The van der Waals surface area contributed by atoms with E-state index >= 15 is 0 Å². The van der Waals surface area contributed by atoms with E-state index in [1.807, 2.05) is 12.3 Å². The fraction of sp³-hybridized carbons (Fsp3) is 0.200. The van der Waals surface area contributed by atoms with Crippen molar-refractivity contribution in [3.8, 4) is 0 Å². The van der Waals surface area contributed by atoms with E-state index in [9.17, 15) is 13.5 Å². The van der Waals surface area contributed by atoms with Crippen LogP contribution in [0.1, 0.15) is 5.56 Å². The van der Waals surface area contributed by atoms with Gasteiger partial charge in [0.05, 0.1) is 0 Å². The molecule has 0 fully saturated rings. The zero-order chi connectivity index (χ0) is 11.5. The van der Waals surface area contributed by atoms with Crippen LogP contribution < -0.4 is 5.11 Å². The molecule has 0 amide bonds. The molecule has 0 aromatic heterocycles. The minimum Gasteiger partial charge on any atom is -0.872 e. The van der Waals surface area contributed by atoms with Crippen molar-refractivity contribution in [2.45, 2.75) is 4.90 Å². The van der Waals surface area contributed by atoms with Crippen LogP contribution >= 0.6 is 11.8 Å². The summed E-state index contributed by atoms with van der Waals surface area (Å²) in [7, 11) is -3.38. The lowest BCUT2D eigenvalue weighted by Gasteiger charge is -2.14. The van der Waals surface area contributed by atoms with Gasteiger partial charge < -0.3 is 5.11 Å². The number of thioether (sulfide) groups is 1. The lowest BCUT2D eigenvalue weighted by molar-refractivity contribution is -0.243. The molecule has 5 heteroatoms. The highest BCUT2D eigenvalue weighted by molar-refractivity contribution is 7.98. The molecule has 0 spiro atoms. The number of sulfone groups is 1. The SMILES string of the molecule is CSc1ccccc1/C([O-])=C/S(C)(=O)=O. The predicted octanol–water partition coefficient (Wildman–Crippen LogP) is 1.11. The first-order chi connectivity index (χ1) is 6.94. The molecule has 1 aromatic carbocycles. The maximum Gasteiger partial charge on any atom is 0.168 e. The maximum absolute atomic E-state index is 11.6. The maximum atomic E-state index is 11.6. The predicted molar refractivity (Wildman–Crippen MR) is 61.0 cm³/mol. The minimum atomic E-state index is -3.38. The van der Waals surface area contributed by atoms with Crippen molar-refractivity contribution in [2.75, 3.05) is 12.5 Å². The van der Waals surface area contributed by atoms with Crippen LogP contribution in [0.5, 0.6) is 0 Å². The normalized spacial score (nSPS) is 12.8. The van der Waals surface area contributed by atoms with Gasteiger partial charge in [0.2, 0.25) is 0 Å². The van der Waals surface area contributed by atoms with Crippen LogP contribution in [0.4, 0.5) is 0 Å². The van der Waals surface area contributed by atoms with Gasteiger partial charge in [-0.1, -0.05) is 24.0 Å². The van der Waals surface area contributed by atoms with Crippen molar-refractivity contribution < 1.29 is 13.5 Å². The van der Waals surface area contributed by atoms with Crippen molar-refractivity contribution in [1.82, 2.24) is 0 Å². The first-order valence-electron chi connectivity index (χ1n) is 4.16. The van der Waals surface area contributed by atoms with E-state index in [4.69, 9.17) is 0 Å². The smallest absolute Gasteiger partial charge is 0.168 e. The van der Waals surface area contributed by atoms with E-state index in [-0.39, 0.29) is 0 Å². The van der Waals surface area contributed by atoms with E-state index in [1.54, 1.807) is 18.2 Å². The molecule has 1 rings (SSSR count). The van der Waals surface area contributed by atoms with Crippen molar-refractivity contribution in [3.63, 3.8) is 0 Å². The summed E-state index contributed by atoms with van der Waals surface area (Å²) < 4.78 is 21.9. The third-order valence-corrected chi connectivity index (χ3v) is 3.13. The Morgan fingerprint density at radius 2 is 2.00 bits per heavy atom. The van der Waals surface area contributed by atoms with Crippen LogP contribution in [-0.4, -0.2) is 20.9 Å². The van der Waals surface area contributed by atoms with Gasteiger partial charge in [-0.15, -0.1) is 11.8 Å². The Bertz CT molecular complexity index is 475. The summed E-state index contributed by atoms with van der Waals surface area (Å²) >= 11 is 1.41. The van der Waals surface area contributed by atoms with E-state index in [0.29, 0.717) is 5.56 Å². The Labute approximate surface area is 93.7 Å². The summed E-state index contributed by atoms with van der Waals surface area (Å²) in [5.41, 5.74) is 0.426. The van der Waals surface area contributed by atoms with Gasteiger partial charge in [-0.05, 0) is 17.9 Å². The summed E-state index contributed by atoms with van der Waals surface area (Å²) in [5.74, 6) is -0.470. The number of hydrogen-bond acceptors (Lipinski definition) is 4. The molecular formula is C10H11O3S2-. The second-order valence-corrected chi connectivity index (χ2v) is 5.75. The summed E-state index contributed by atoms with van der Waals surface area (Å²) in [6.07, 6.45) is 2.85. The summed E-state index contributed by atoms with van der Waals surface area (Å²) in [4.78, 5) is 0.780. The molecule has 0 N–H and O–H groups in total. The molecule has 1 aromatic rings. The molecule has 0 saturated carbocycles. The molecule has 3 nitrogen and oxygen atoms in total. The van der Waals surface area contributed by atoms with Crippen molar-refractivity contribution in [2.24, 2.45) is 0 Å². The Morgan fingerprint density at radius 3 is 2.53 bits per heavy atom. The highest BCUT2D eigenvalue weighted by Crippen LogP contribution is 2.23. The summed E-state index contributed by atoms with van der Waals surface area (Å²) in [5, 5.41) is 12.3. The molecule has 0 unspecified atom stereocenters. The monoisotopic (exact) mass is 243 g/mol. The first kappa shape index (κ1) is 12.1. The van der Waals surface area contributed by atoms with Crippen LogP contribution in [0, 0.1) is 0 Å². The third-order valence-electron chi connectivity index (χ3n) is 1.69. The largest absolute Gasteiger partial charge is 0.872 e. The molecule has 0 heterocycles. The van der Waals surface area contributed by atoms with E-state index in [2.05, 4.69) is 0 Å². The van der Waals surface area contributed by atoms with Gasteiger partial charge in [-0.2, -0.15) is 0 Å².